The Hall–Kier alpha value is -2.01. The molecule has 1 saturated carbocycles. The van der Waals surface area contributed by atoms with Crippen molar-refractivity contribution in [3.8, 4) is 0 Å². The van der Waals surface area contributed by atoms with Gasteiger partial charge in [-0.3, -0.25) is 9.69 Å². The highest BCUT2D eigenvalue weighted by Crippen LogP contribution is 2.40. The fraction of sp³-hybridized carbons (Fsp3) is 0.609. The van der Waals surface area contributed by atoms with Crippen LogP contribution in [-0.2, 0) is 4.79 Å². The van der Waals surface area contributed by atoms with Crippen molar-refractivity contribution in [1.29, 1.82) is 0 Å². The molecule has 1 atom stereocenters. The molecule has 3 aliphatic rings. The summed E-state index contributed by atoms with van der Waals surface area (Å²) in [7, 11) is 0. The van der Waals surface area contributed by atoms with E-state index in [0.717, 1.165) is 55.8 Å². The highest BCUT2D eigenvalue weighted by atomic mass is 16.2. The van der Waals surface area contributed by atoms with Gasteiger partial charge in [-0.25, -0.2) is 9.97 Å². The van der Waals surface area contributed by atoms with Crippen LogP contribution in [0.5, 0.6) is 0 Å². The summed E-state index contributed by atoms with van der Waals surface area (Å²) in [5.74, 6) is 1.53. The summed E-state index contributed by atoms with van der Waals surface area (Å²) >= 11 is 0. The minimum atomic E-state index is 0.0930. The van der Waals surface area contributed by atoms with Crippen molar-refractivity contribution in [3.05, 3.63) is 35.7 Å². The maximum Gasteiger partial charge on any atom is 0.240 e. The first kappa shape index (κ1) is 18.0. The highest BCUT2D eigenvalue weighted by molar-refractivity contribution is 5.84. The van der Waals surface area contributed by atoms with Crippen molar-refractivity contribution < 1.29 is 4.79 Å². The van der Waals surface area contributed by atoms with Crippen molar-refractivity contribution in [2.75, 3.05) is 19.6 Å². The summed E-state index contributed by atoms with van der Waals surface area (Å²) in [5.41, 5.74) is 3.41. The molecule has 2 aromatic heterocycles. The molecule has 2 aliphatic heterocycles. The Labute approximate surface area is 167 Å². The number of aromatic nitrogens is 2. The van der Waals surface area contributed by atoms with E-state index in [4.69, 9.17) is 4.98 Å². The minimum Gasteiger partial charge on any atom is -0.339 e. The smallest absolute Gasteiger partial charge is 0.240 e. The van der Waals surface area contributed by atoms with Gasteiger partial charge >= 0.3 is 0 Å². The van der Waals surface area contributed by atoms with E-state index >= 15 is 0 Å². The van der Waals surface area contributed by atoms with Gasteiger partial charge in [0.05, 0.1) is 6.04 Å². The van der Waals surface area contributed by atoms with Gasteiger partial charge in [0.15, 0.2) is 5.65 Å². The number of nitrogens with zero attached hydrogens (tertiary/aromatic N) is 4. The lowest BCUT2D eigenvalue weighted by atomic mass is 9.91. The van der Waals surface area contributed by atoms with Crippen LogP contribution >= 0.6 is 0 Å². The number of piperidine rings is 1. The van der Waals surface area contributed by atoms with Crippen LogP contribution in [0, 0.1) is 0 Å². The normalized spacial score (nSPS) is 24.6. The Morgan fingerprint density at radius 3 is 2.46 bits per heavy atom. The zero-order chi connectivity index (χ0) is 19.3. The average Bonchev–Trinajstić information content (AvgIpc) is 3.49. The topological polar surface area (TPSA) is 49.3 Å². The summed E-state index contributed by atoms with van der Waals surface area (Å²) in [6, 6.07) is 7.07. The zero-order valence-electron chi connectivity index (χ0n) is 17.0. The highest BCUT2D eigenvalue weighted by Gasteiger charge is 2.38. The van der Waals surface area contributed by atoms with Crippen LogP contribution in [0.4, 0.5) is 0 Å². The lowest BCUT2D eigenvalue weighted by Gasteiger charge is -2.35. The third kappa shape index (κ3) is 3.30. The van der Waals surface area contributed by atoms with Gasteiger partial charge in [0.1, 0.15) is 0 Å². The molecule has 0 bridgehead atoms. The summed E-state index contributed by atoms with van der Waals surface area (Å²) in [6.07, 6.45) is 7.74. The predicted octanol–water partition coefficient (Wildman–Crippen LogP) is 3.70. The molecule has 148 valence electrons. The van der Waals surface area contributed by atoms with Gasteiger partial charge in [0, 0.05) is 35.8 Å². The molecule has 5 heteroatoms. The molecule has 4 heterocycles. The number of likely N-dealkylation sites (tertiary alicyclic amines) is 2. The Kier molecular flexibility index (Phi) is 4.58. The molecular weight excluding hydrogens is 348 g/mol. The van der Waals surface area contributed by atoms with Crippen molar-refractivity contribution in [2.45, 2.75) is 69.9 Å². The van der Waals surface area contributed by atoms with Crippen LogP contribution < -0.4 is 0 Å². The monoisotopic (exact) mass is 378 g/mol. The minimum absolute atomic E-state index is 0.0930. The molecule has 0 aromatic carbocycles. The third-order valence-electron chi connectivity index (χ3n) is 6.86. The second kappa shape index (κ2) is 7.11. The van der Waals surface area contributed by atoms with E-state index in [1.807, 2.05) is 11.1 Å². The summed E-state index contributed by atoms with van der Waals surface area (Å²) in [4.78, 5) is 26.7. The molecule has 3 fully saturated rings. The quantitative estimate of drug-likeness (QED) is 0.814. The van der Waals surface area contributed by atoms with Gasteiger partial charge in [-0.2, -0.15) is 0 Å². The Bertz CT molecular complexity index is 883. The van der Waals surface area contributed by atoms with Gasteiger partial charge in [-0.1, -0.05) is 0 Å². The van der Waals surface area contributed by atoms with Crippen LogP contribution in [0.2, 0.25) is 0 Å². The first-order valence-electron chi connectivity index (χ1n) is 10.9. The number of rotatable bonds is 4. The molecule has 2 aromatic rings. The first-order valence-corrected chi connectivity index (χ1v) is 10.9. The number of pyridine rings is 2. The second-order valence-corrected chi connectivity index (χ2v) is 9.07. The molecule has 1 aliphatic carbocycles. The average molecular weight is 379 g/mol. The molecule has 1 amide bonds. The number of hydrogen-bond donors (Lipinski definition) is 0. The number of fused-ring (bicyclic) bond motifs is 1. The van der Waals surface area contributed by atoms with Crippen LogP contribution in [0.1, 0.15) is 69.0 Å². The van der Waals surface area contributed by atoms with E-state index in [1.54, 1.807) is 0 Å². The van der Waals surface area contributed by atoms with Crippen LogP contribution in [0.3, 0.4) is 0 Å². The molecule has 0 spiro atoms. The standard InChI is InChI=1S/C23H30N4O/c1-15(2)27-12-9-21(23(27)28)26-10-7-17(8-11-26)20-6-5-18-13-19(16-3-4-16)14-24-22(18)25-20/h5-6,13-17,21H,3-4,7-12H2,1-2H3. The number of carbonyl (C=O) groups is 1. The summed E-state index contributed by atoms with van der Waals surface area (Å²) < 4.78 is 0. The van der Waals surface area contributed by atoms with Crippen molar-refractivity contribution >= 4 is 16.9 Å². The van der Waals surface area contributed by atoms with E-state index in [-0.39, 0.29) is 6.04 Å². The van der Waals surface area contributed by atoms with Gasteiger partial charge in [0.2, 0.25) is 5.91 Å². The lowest BCUT2D eigenvalue weighted by molar-refractivity contribution is -0.133. The molecule has 2 saturated heterocycles. The van der Waals surface area contributed by atoms with Crippen LogP contribution in [-0.4, -0.2) is 57.4 Å². The number of amides is 1. The molecular formula is C23H30N4O. The maximum absolute atomic E-state index is 12.7. The summed E-state index contributed by atoms with van der Waals surface area (Å²) in [6.45, 7) is 7.10. The SMILES string of the molecule is CC(C)N1CCC(N2CCC(c3ccc4cc(C5CC5)cnc4n3)CC2)C1=O. The van der Waals surface area contributed by atoms with Crippen LogP contribution in [0.25, 0.3) is 11.0 Å². The molecule has 28 heavy (non-hydrogen) atoms. The van der Waals surface area contributed by atoms with Gasteiger partial charge in [0.25, 0.3) is 0 Å². The van der Waals surface area contributed by atoms with Crippen molar-refractivity contribution in [2.24, 2.45) is 0 Å². The molecule has 0 N–H and O–H groups in total. The lowest BCUT2D eigenvalue weighted by Crippen LogP contribution is -2.46. The molecule has 5 rings (SSSR count). The predicted molar refractivity (Wildman–Crippen MR) is 110 cm³/mol. The van der Waals surface area contributed by atoms with Crippen molar-refractivity contribution in [3.63, 3.8) is 0 Å². The van der Waals surface area contributed by atoms with Crippen molar-refractivity contribution in [1.82, 2.24) is 19.8 Å². The Balaban J connectivity index is 1.25. The largest absolute Gasteiger partial charge is 0.339 e. The zero-order valence-corrected chi connectivity index (χ0v) is 17.0. The van der Waals surface area contributed by atoms with E-state index in [2.05, 4.69) is 41.9 Å². The number of hydrogen-bond acceptors (Lipinski definition) is 4. The van der Waals surface area contributed by atoms with E-state index < -0.39 is 0 Å². The van der Waals surface area contributed by atoms with E-state index in [0.29, 0.717) is 17.9 Å². The number of carbonyl (C=O) groups excluding carboxylic acids is 1. The first-order chi connectivity index (χ1) is 13.6. The molecule has 0 radical (unpaired) electrons. The molecule has 1 unspecified atom stereocenters. The Morgan fingerprint density at radius 2 is 1.79 bits per heavy atom. The van der Waals surface area contributed by atoms with Crippen LogP contribution in [0.15, 0.2) is 24.4 Å². The van der Waals surface area contributed by atoms with E-state index in [1.165, 1.54) is 24.1 Å². The summed E-state index contributed by atoms with van der Waals surface area (Å²) in [5, 5.41) is 1.16. The maximum atomic E-state index is 12.7. The third-order valence-corrected chi connectivity index (χ3v) is 6.86. The Morgan fingerprint density at radius 1 is 1.00 bits per heavy atom. The molecule has 5 nitrogen and oxygen atoms in total. The van der Waals surface area contributed by atoms with Gasteiger partial charge in [-0.15, -0.1) is 0 Å². The van der Waals surface area contributed by atoms with Gasteiger partial charge in [-0.05, 0) is 88.7 Å². The van der Waals surface area contributed by atoms with Gasteiger partial charge < -0.3 is 4.90 Å². The van der Waals surface area contributed by atoms with E-state index in [9.17, 15) is 4.79 Å². The second-order valence-electron chi connectivity index (χ2n) is 9.07. The fourth-order valence-electron chi connectivity index (χ4n) is 4.95. The fourth-order valence-corrected chi connectivity index (χ4v) is 4.95.